The van der Waals surface area contributed by atoms with E-state index in [1.165, 1.54) is 6.92 Å². The van der Waals surface area contributed by atoms with Crippen LogP contribution in [0.2, 0.25) is 0 Å². The highest BCUT2D eigenvalue weighted by atomic mass is 16.5. The van der Waals surface area contributed by atoms with Crippen molar-refractivity contribution in [1.29, 1.82) is 0 Å². The second-order valence-electron chi connectivity index (χ2n) is 4.77. The first-order valence-corrected chi connectivity index (χ1v) is 6.65. The Morgan fingerprint density at radius 3 is 2.48 bits per heavy atom. The Hall–Kier alpha value is -2.62. The number of carbonyl (C=O) groups is 2. The summed E-state index contributed by atoms with van der Waals surface area (Å²) >= 11 is 0. The van der Waals surface area contributed by atoms with Gasteiger partial charge in [-0.1, -0.05) is 36.4 Å². The lowest BCUT2D eigenvalue weighted by atomic mass is 10.1. The van der Waals surface area contributed by atoms with Crippen molar-refractivity contribution in [2.24, 2.45) is 0 Å². The van der Waals surface area contributed by atoms with E-state index in [0.717, 1.165) is 11.1 Å². The van der Waals surface area contributed by atoms with Crippen molar-refractivity contribution in [3.63, 3.8) is 0 Å². The number of ether oxygens (including phenoxy) is 1. The fourth-order valence-electron chi connectivity index (χ4n) is 1.88. The highest BCUT2D eigenvalue weighted by Crippen LogP contribution is 2.18. The Balaban J connectivity index is 2.07. The minimum absolute atomic E-state index is 0.173. The van der Waals surface area contributed by atoms with Gasteiger partial charge < -0.3 is 10.1 Å². The number of aryl methyl sites for hydroxylation is 1. The zero-order chi connectivity index (χ0) is 15.2. The van der Waals surface area contributed by atoms with E-state index in [9.17, 15) is 9.59 Å². The lowest BCUT2D eigenvalue weighted by molar-refractivity contribution is -0.114. The fourth-order valence-corrected chi connectivity index (χ4v) is 1.88. The minimum atomic E-state index is -0.412. The molecule has 0 unspecified atom stereocenters. The van der Waals surface area contributed by atoms with Crippen molar-refractivity contribution in [3.8, 4) is 0 Å². The topological polar surface area (TPSA) is 55.4 Å². The van der Waals surface area contributed by atoms with Gasteiger partial charge in [-0.25, -0.2) is 4.79 Å². The summed E-state index contributed by atoms with van der Waals surface area (Å²) < 4.78 is 5.26. The molecular formula is C17H17NO3. The Labute approximate surface area is 123 Å². The Morgan fingerprint density at radius 2 is 1.81 bits per heavy atom. The van der Waals surface area contributed by atoms with Crippen LogP contribution in [0.15, 0.2) is 48.5 Å². The number of amides is 1. The summed E-state index contributed by atoms with van der Waals surface area (Å²) in [6.45, 7) is 3.52. The van der Waals surface area contributed by atoms with Gasteiger partial charge in [-0.05, 0) is 30.2 Å². The van der Waals surface area contributed by atoms with Crippen LogP contribution >= 0.6 is 0 Å². The maximum atomic E-state index is 12.0. The molecule has 2 aromatic carbocycles. The molecule has 0 fully saturated rings. The second kappa shape index (κ2) is 6.70. The molecule has 0 aromatic heterocycles. The van der Waals surface area contributed by atoms with Crippen LogP contribution in [0.25, 0.3) is 0 Å². The monoisotopic (exact) mass is 283 g/mol. The molecule has 0 aliphatic rings. The van der Waals surface area contributed by atoms with Gasteiger partial charge in [-0.15, -0.1) is 0 Å². The molecule has 1 N–H and O–H groups in total. The Bertz CT molecular complexity index is 650. The summed E-state index contributed by atoms with van der Waals surface area (Å²) in [6, 6.07) is 14.6. The molecule has 0 heterocycles. The highest BCUT2D eigenvalue weighted by molar-refractivity contribution is 5.94. The minimum Gasteiger partial charge on any atom is -0.457 e. The molecule has 108 valence electrons. The largest absolute Gasteiger partial charge is 0.457 e. The molecule has 0 aliphatic carbocycles. The number of hydrogen-bond donors (Lipinski definition) is 1. The van der Waals surface area contributed by atoms with E-state index < -0.39 is 5.97 Å². The molecular weight excluding hydrogens is 266 g/mol. The summed E-state index contributed by atoms with van der Waals surface area (Å²) in [6.07, 6.45) is 0. The summed E-state index contributed by atoms with van der Waals surface area (Å²) in [5.41, 5.74) is 2.86. The molecule has 2 rings (SSSR count). The molecule has 4 nitrogen and oxygen atoms in total. The van der Waals surface area contributed by atoms with Crippen LogP contribution in [0.4, 0.5) is 5.69 Å². The number of rotatable bonds is 4. The van der Waals surface area contributed by atoms with Gasteiger partial charge in [0.1, 0.15) is 6.61 Å². The Kier molecular flexibility index (Phi) is 4.72. The number of benzene rings is 2. The van der Waals surface area contributed by atoms with Gasteiger partial charge in [0.05, 0.1) is 5.56 Å². The third-order valence-electron chi connectivity index (χ3n) is 3.00. The standard InChI is InChI=1S/C17H17NO3/c1-12-8-9-15(10-16(12)18-13(2)19)17(20)21-11-14-6-4-3-5-7-14/h3-10H,11H2,1-2H3,(H,18,19). The van der Waals surface area contributed by atoms with Crippen molar-refractivity contribution in [2.45, 2.75) is 20.5 Å². The summed E-state index contributed by atoms with van der Waals surface area (Å²) in [7, 11) is 0. The molecule has 21 heavy (non-hydrogen) atoms. The van der Waals surface area contributed by atoms with Gasteiger partial charge in [-0.2, -0.15) is 0 Å². The smallest absolute Gasteiger partial charge is 0.338 e. The van der Waals surface area contributed by atoms with E-state index in [2.05, 4.69) is 5.32 Å². The normalized spacial score (nSPS) is 10.0. The van der Waals surface area contributed by atoms with E-state index >= 15 is 0 Å². The van der Waals surface area contributed by atoms with Crippen LogP contribution in [-0.2, 0) is 16.1 Å². The van der Waals surface area contributed by atoms with Gasteiger partial charge in [-0.3, -0.25) is 4.79 Å². The lowest BCUT2D eigenvalue weighted by Crippen LogP contribution is -2.10. The van der Waals surface area contributed by atoms with E-state index in [0.29, 0.717) is 11.3 Å². The van der Waals surface area contributed by atoms with E-state index in [1.807, 2.05) is 37.3 Å². The quantitative estimate of drug-likeness (QED) is 0.876. The zero-order valence-corrected chi connectivity index (χ0v) is 12.1. The van der Waals surface area contributed by atoms with E-state index in [1.54, 1.807) is 18.2 Å². The maximum absolute atomic E-state index is 12.0. The third-order valence-corrected chi connectivity index (χ3v) is 3.00. The van der Waals surface area contributed by atoms with Crippen LogP contribution in [-0.4, -0.2) is 11.9 Å². The average Bonchev–Trinajstić information content (AvgIpc) is 2.47. The number of hydrogen-bond acceptors (Lipinski definition) is 3. The van der Waals surface area contributed by atoms with Crippen molar-refractivity contribution in [3.05, 3.63) is 65.2 Å². The molecule has 0 atom stereocenters. The molecule has 0 saturated heterocycles. The first-order valence-electron chi connectivity index (χ1n) is 6.65. The molecule has 0 spiro atoms. The van der Waals surface area contributed by atoms with Crippen molar-refractivity contribution < 1.29 is 14.3 Å². The molecule has 1 amide bonds. The summed E-state index contributed by atoms with van der Waals surface area (Å²) in [4.78, 5) is 23.2. The Morgan fingerprint density at radius 1 is 1.10 bits per heavy atom. The molecule has 0 saturated carbocycles. The van der Waals surface area contributed by atoms with Crippen molar-refractivity contribution in [1.82, 2.24) is 0 Å². The van der Waals surface area contributed by atoms with Crippen molar-refractivity contribution in [2.75, 3.05) is 5.32 Å². The molecule has 0 radical (unpaired) electrons. The number of esters is 1. The lowest BCUT2D eigenvalue weighted by Gasteiger charge is -2.09. The molecule has 0 aliphatic heterocycles. The predicted octanol–water partition coefficient (Wildman–Crippen LogP) is 3.31. The first-order chi connectivity index (χ1) is 10.1. The molecule has 2 aromatic rings. The van der Waals surface area contributed by atoms with Gasteiger partial charge in [0.2, 0.25) is 5.91 Å². The maximum Gasteiger partial charge on any atom is 0.338 e. The van der Waals surface area contributed by atoms with Crippen LogP contribution < -0.4 is 5.32 Å². The van der Waals surface area contributed by atoms with Crippen LogP contribution in [0.5, 0.6) is 0 Å². The number of nitrogens with one attached hydrogen (secondary N) is 1. The summed E-state index contributed by atoms with van der Waals surface area (Å²) in [5, 5.41) is 2.70. The van der Waals surface area contributed by atoms with Crippen LogP contribution in [0.1, 0.15) is 28.4 Å². The second-order valence-corrected chi connectivity index (χ2v) is 4.77. The van der Waals surface area contributed by atoms with E-state index in [4.69, 9.17) is 4.74 Å². The van der Waals surface area contributed by atoms with Crippen LogP contribution in [0, 0.1) is 6.92 Å². The highest BCUT2D eigenvalue weighted by Gasteiger charge is 2.10. The van der Waals surface area contributed by atoms with Gasteiger partial charge in [0, 0.05) is 12.6 Å². The van der Waals surface area contributed by atoms with Gasteiger partial charge in [0.15, 0.2) is 0 Å². The number of anilines is 1. The number of carbonyl (C=O) groups excluding carboxylic acids is 2. The average molecular weight is 283 g/mol. The summed E-state index contributed by atoms with van der Waals surface area (Å²) in [5.74, 6) is -0.585. The van der Waals surface area contributed by atoms with Gasteiger partial charge >= 0.3 is 5.97 Å². The molecule has 4 heteroatoms. The fraction of sp³-hybridized carbons (Fsp3) is 0.176. The van der Waals surface area contributed by atoms with Gasteiger partial charge in [0.25, 0.3) is 0 Å². The zero-order valence-electron chi connectivity index (χ0n) is 12.1. The third kappa shape index (κ3) is 4.18. The SMILES string of the molecule is CC(=O)Nc1cc(C(=O)OCc2ccccc2)ccc1C. The van der Waals surface area contributed by atoms with Crippen LogP contribution in [0.3, 0.4) is 0 Å². The predicted molar refractivity (Wildman–Crippen MR) is 81.0 cm³/mol. The molecule has 0 bridgehead atoms. The first kappa shape index (κ1) is 14.8. The van der Waals surface area contributed by atoms with Crippen molar-refractivity contribution >= 4 is 17.6 Å². The van der Waals surface area contributed by atoms with E-state index in [-0.39, 0.29) is 12.5 Å².